The molecule has 2 aromatic heterocycles. The Kier molecular flexibility index (Phi) is 8.08. The van der Waals surface area contributed by atoms with Crippen molar-refractivity contribution in [2.75, 3.05) is 6.54 Å². The van der Waals surface area contributed by atoms with Crippen LogP contribution < -0.4 is 5.32 Å². The number of allylic oxidation sites excluding steroid dienone is 1. The minimum Gasteiger partial charge on any atom is -0.385 e. The van der Waals surface area contributed by atoms with Gasteiger partial charge in [0.05, 0.1) is 16.6 Å². The van der Waals surface area contributed by atoms with Gasteiger partial charge >= 0.3 is 0 Å². The summed E-state index contributed by atoms with van der Waals surface area (Å²) >= 11 is 0. The fraction of sp³-hybridized carbons (Fsp3) is 0.243. The van der Waals surface area contributed by atoms with E-state index in [2.05, 4.69) is 124 Å². The number of aromatic amines is 1. The number of terminal acetylenes is 1. The van der Waals surface area contributed by atoms with Crippen molar-refractivity contribution in [3.8, 4) is 23.5 Å². The van der Waals surface area contributed by atoms with Gasteiger partial charge in [-0.15, -0.1) is 12.3 Å². The second kappa shape index (κ2) is 11.9. The van der Waals surface area contributed by atoms with Gasteiger partial charge in [-0.25, -0.2) is 4.98 Å². The molecule has 41 heavy (non-hydrogen) atoms. The minimum atomic E-state index is 0.330. The number of nitrogens with one attached hydrogen (secondary N) is 2. The zero-order valence-electron chi connectivity index (χ0n) is 24.8. The lowest BCUT2D eigenvalue weighted by atomic mass is 9.96. The third kappa shape index (κ3) is 5.54. The van der Waals surface area contributed by atoms with Gasteiger partial charge in [-0.3, -0.25) is 4.98 Å². The third-order valence-electron chi connectivity index (χ3n) is 7.35. The van der Waals surface area contributed by atoms with E-state index >= 15 is 0 Å². The molecule has 4 aromatic carbocycles. The zero-order valence-corrected chi connectivity index (χ0v) is 24.8. The van der Waals surface area contributed by atoms with E-state index in [1.54, 1.807) is 6.92 Å². The number of nitrogens with zero attached hydrogens (tertiary/aromatic N) is 2. The van der Waals surface area contributed by atoms with Crippen molar-refractivity contribution in [2.45, 2.75) is 47.5 Å². The molecule has 0 aliphatic carbocycles. The average molecular weight is 539 g/mol. The van der Waals surface area contributed by atoms with Crippen molar-refractivity contribution in [3.63, 3.8) is 0 Å². The zero-order chi connectivity index (χ0) is 29.1. The Labute approximate surface area is 242 Å². The average Bonchev–Trinajstić information content (AvgIpc) is 3.44. The molecule has 0 saturated heterocycles. The van der Waals surface area contributed by atoms with Crippen LogP contribution in [0.25, 0.3) is 60.3 Å². The Balaban J connectivity index is 0.00000108. The fourth-order valence-electron chi connectivity index (χ4n) is 5.28. The first-order chi connectivity index (χ1) is 19.8. The van der Waals surface area contributed by atoms with E-state index < -0.39 is 0 Å². The molecule has 0 bridgehead atoms. The Hall–Kier alpha value is -4.62. The van der Waals surface area contributed by atoms with Crippen LogP contribution in [0, 0.1) is 18.3 Å². The molecule has 0 atom stereocenters. The predicted octanol–water partition coefficient (Wildman–Crippen LogP) is 9.45. The smallest absolute Gasteiger partial charge is 0.109 e. The Morgan fingerprint density at radius 2 is 1.61 bits per heavy atom. The molecule has 6 aromatic rings. The highest BCUT2D eigenvalue weighted by atomic mass is 14.9. The highest BCUT2D eigenvalue weighted by molar-refractivity contribution is 6.22. The van der Waals surface area contributed by atoms with Crippen LogP contribution in [0.1, 0.15) is 58.8 Å². The standard InChI is InChI=1S/C34H34N4.C3H4/c1-6-30(36-19-20(2)3)26-12-11-22-16-23(9-10-24(22)17-26)25-13-14-27-29(18-25)31-28(8-7-15-35-31)33-32(27)37-34(38-33)21(4)5;1-3-2/h6-18,20-21,36H,19H2,1-5H3,(H,37,38);1H,2H3/b30-6-;. The van der Waals surface area contributed by atoms with Crippen LogP contribution in [0.4, 0.5) is 0 Å². The van der Waals surface area contributed by atoms with E-state index in [1.165, 1.54) is 33.2 Å². The molecule has 4 heteroatoms. The summed E-state index contributed by atoms with van der Waals surface area (Å²) < 4.78 is 0. The second-order valence-electron chi connectivity index (χ2n) is 11.2. The first-order valence-electron chi connectivity index (χ1n) is 14.4. The van der Waals surface area contributed by atoms with Crippen molar-refractivity contribution < 1.29 is 0 Å². The lowest BCUT2D eigenvalue weighted by molar-refractivity contribution is 0.618. The first-order valence-corrected chi connectivity index (χ1v) is 14.4. The summed E-state index contributed by atoms with van der Waals surface area (Å²) in [5.74, 6) is 4.19. The SMILES string of the molecule is C#CC.C/C=C(\NCC(C)C)c1ccc2cc(-c3ccc4c(c3)c3ncccc3c3nc(C(C)C)[nH]c43)ccc2c1. The van der Waals surface area contributed by atoms with E-state index in [1.807, 2.05) is 12.3 Å². The molecular weight excluding hydrogens is 500 g/mol. The maximum Gasteiger partial charge on any atom is 0.109 e. The largest absolute Gasteiger partial charge is 0.385 e. The molecular formula is C37H38N4. The first kappa shape index (κ1) is 27.9. The summed E-state index contributed by atoms with van der Waals surface area (Å²) in [6.07, 6.45) is 8.63. The number of aromatic nitrogens is 3. The number of fused-ring (bicyclic) bond motifs is 7. The molecule has 0 spiro atoms. The van der Waals surface area contributed by atoms with Crippen LogP contribution in [-0.4, -0.2) is 21.5 Å². The van der Waals surface area contributed by atoms with Gasteiger partial charge in [-0.1, -0.05) is 70.2 Å². The molecule has 0 fully saturated rings. The van der Waals surface area contributed by atoms with Crippen molar-refractivity contribution in [2.24, 2.45) is 5.92 Å². The number of H-pyrrole nitrogens is 1. The molecule has 6 rings (SSSR count). The van der Waals surface area contributed by atoms with Crippen molar-refractivity contribution in [3.05, 3.63) is 90.4 Å². The van der Waals surface area contributed by atoms with Crippen molar-refractivity contribution in [1.29, 1.82) is 0 Å². The number of hydrogen-bond donors (Lipinski definition) is 2. The third-order valence-corrected chi connectivity index (χ3v) is 7.35. The van der Waals surface area contributed by atoms with Crippen LogP contribution in [-0.2, 0) is 0 Å². The van der Waals surface area contributed by atoms with Crippen LogP contribution in [0.5, 0.6) is 0 Å². The van der Waals surface area contributed by atoms with Gasteiger partial charge < -0.3 is 10.3 Å². The summed E-state index contributed by atoms with van der Waals surface area (Å²) in [4.78, 5) is 13.3. The van der Waals surface area contributed by atoms with Crippen LogP contribution >= 0.6 is 0 Å². The summed E-state index contributed by atoms with van der Waals surface area (Å²) in [5, 5.41) is 9.46. The number of hydrogen-bond acceptors (Lipinski definition) is 3. The number of rotatable bonds is 6. The summed E-state index contributed by atoms with van der Waals surface area (Å²) in [7, 11) is 0. The number of imidazole rings is 1. The minimum absolute atomic E-state index is 0.330. The Morgan fingerprint density at radius 3 is 2.34 bits per heavy atom. The number of benzene rings is 4. The van der Waals surface area contributed by atoms with E-state index in [9.17, 15) is 0 Å². The van der Waals surface area contributed by atoms with E-state index in [4.69, 9.17) is 9.97 Å². The molecule has 4 nitrogen and oxygen atoms in total. The van der Waals surface area contributed by atoms with Crippen molar-refractivity contribution >= 4 is 49.2 Å². The summed E-state index contributed by atoms with van der Waals surface area (Å²) in [5.41, 5.74) is 7.89. The topological polar surface area (TPSA) is 53.6 Å². The van der Waals surface area contributed by atoms with Gasteiger partial charge in [-0.2, -0.15) is 0 Å². The van der Waals surface area contributed by atoms with Gasteiger partial charge in [0.2, 0.25) is 0 Å². The van der Waals surface area contributed by atoms with E-state index in [-0.39, 0.29) is 0 Å². The quantitative estimate of drug-likeness (QED) is 0.164. The highest BCUT2D eigenvalue weighted by Crippen LogP contribution is 2.36. The van der Waals surface area contributed by atoms with Gasteiger partial charge in [-0.05, 0) is 77.6 Å². The van der Waals surface area contributed by atoms with E-state index in [0.717, 1.165) is 45.1 Å². The van der Waals surface area contributed by atoms with Gasteiger partial charge in [0.1, 0.15) is 5.82 Å². The van der Waals surface area contributed by atoms with Crippen LogP contribution in [0.2, 0.25) is 0 Å². The molecule has 0 unspecified atom stereocenters. The molecule has 2 N–H and O–H groups in total. The Morgan fingerprint density at radius 1 is 0.902 bits per heavy atom. The molecule has 0 amide bonds. The molecule has 206 valence electrons. The normalized spacial score (nSPS) is 11.8. The fourth-order valence-corrected chi connectivity index (χ4v) is 5.28. The molecule has 0 aliphatic heterocycles. The number of pyridine rings is 1. The molecule has 0 radical (unpaired) electrons. The molecule has 0 saturated carbocycles. The summed E-state index contributed by atoms with van der Waals surface area (Å²) in [6, 6.07) is 24.3. The lowest BCUT2D eigenvalue weighted by Gasteiger charge is -2.14. The maximum absolute atomic E-state index is 4.95. The van der Waals surface area contributed by atoms with Gasteiger partial charge in [0, 0.05) is 40.5 Å². The highest BCUT2D eigenvalue weighted by Gasteiger charge is 2.16. The van der Waals surface area contributed by atoms with Crippen LogP contribution in [0.3, 0.4) is 0 Å². The monoisotopic (exact) mass is 538 g/mol. The lowest BCUT2D eigenvalue weighted by Crippen LogP contribution is -2.18. The molecule has 0 aliphatic rings. The van der Waals surface area contributed by atoms with Gasteiger partial charge in [0.15, 0.2) is 0 Å². The molecule has 2 heterocycles. The second-order valence-corrected chi connectivity index (χ2v) is 11.2. The summed E-state index contributed by atoms with van der Waals surface area (Å²) in [6.45, 7) is 13.5. The Bertz CT molecular complexity index is 1930. The predicted molar refractivity (Wildman–Crippen MR) is 177 cm³/mol. The van der Waals surface area contributed by atoms with Crippen LogP contribution in [0.15, 0.2) is 79.0 Å². The van der Waals surface area contributed by atoms with Gasteiger partial charge in [0.25, 0.3) is 0 Å². The maximum atomic E-state index is 4.95. The van der Waals surface area contributed by atoms with E-state index in [0.29, 0.717) is 11.8 Å². The van der Waals surface area contributed by atoms with Crippen molar-refractivity contribution in [1.82, 2.24) is 20.3 Å².